The van der Waals surface area contributed by atoms with Crippen LogP contribution in [0.25, 0.3) is 0 Å². The van der Waals surface area contributed by atoms with E-state index in [1.54, 1.807) is 0 Å². The Balaban J connectivity index is 1.60. The van der Waals surface area contributed by atoms with E-state index in [1.165, 1.54) is 35.4 Å². The summed E-state index contributed by atoms with van der Waals surface area (Å²) in [5.41, 5.74) is 0.224. The summed E-state index contributed by atoms with van der Waals surface area (Å²) in [5, 5.41) is 3.65. The van der Waals surface area contributed by atoms with Gasteiger partial charge in [0.25, 0.3) is 0 Å². The number of amides is 1. The number of thiophene rings is 1. The summed E-state index contributed by atoms with van der Waals surface area (Å²) < 4.78 is 0. The van der Waals surface area contributed by atoms with Gasteiger partial charge in [-0.15, -0.1) is 11.3 Å². The lowest BCUT2D eigenvalue weighted by Gasteiger charge is -2.28. The van der Waals surface area contributed by atoms with Gasteiger partial charge in [-0.2, -0.15) is 0 Å². The highest BCUT2D eigenvalue weighted by Crippen LogP contribution is 2.54. The van der Waals surface area contributed by atoms with Gasteiger partial charge in [-0.25, -0.2) is 0 Å². The molecule has 1 N–H and O–H groups in total. The van der Waals surface area contributed by atoms with Gasteiger partial charge >= 0.3 is 0 Å². The Morgan fingerprint density at radius 3 is 2.62 bits per heavy atom. The van der Waals surface area contributed by atoms with E-state index in [4.69, 9.17) is 0 Å². The normalized spacial score (nSPS) is 28.4. The number of carbonyl (C=O) groups is 1. The van der Waals surface area contributed by atoms with Crippen molar-refractivity contribution in [3.05, 3.63) is 21.9 Å². The summed E-state index contributed by atoms with van der Waals surface area (Å²) in [6.07, 6.45) is 7.24. The minimum absolute atomic E-state index is 0.119. The quantitative estimate of drug-likeness (QED) is 0.901. The van der Waals surface area contributed by atoms with Gasteiger partial charge in [-0.05, 0) is 56.6 Å². The maximum atomic E-state index is 12.9. The minimum Gasteiger partial charge on any atom is -0.320 e. The number of carbonyl (C=O) groups excluding carboxylic acids is 1. The molecule has 1 aliphatic heterocycles. The molecule has 1 amide bonds. The zero-order valence-corrected chi connectivity index (χ0v) is 13.8. The largest absolute Gasteiger partial charge is 0.320 e. The van der Waals surface area contributed by atoms with Gasteiger partial charge in [0.1, 0.15) is 11.7 Å². The molecule has 21 heavy (non-hydrogen) atoms. The summed E-state index contributed by atoms with van der Waals surface area (Å²) in [7, 11) is 0. The van der Waals surface area contributed by atoms with Crippen LogP contribution in [0.5, 0.6) is 0 Å². The Bertz CT molecular complexity index is 571. The van der Waals surface area contributed by atoms with Crippen molar-refractivity contribution in [3.63, 3.8) is 0 Å². The fourth-order valence-electron chi connectivity index (χ4n) is 3.82. The first kappa shape index (κ1) is 13.8. The molecule has 3 fully saturated rings. The summed E-state index contributed by atoms with van der Waals surface area (Å²) in [6, 6.07) is 4.36. The summed E-state index contributed by atoms with van der Waals surface area (Å²) >= 11 is 1.82. The van der Waals surface area contributed by atoms with Gasteiger partial charge < -0.3 is 4.90 Å². The molecule has 1 unspecified atom stereocenters. The molecule has 0 radical (unpaired) electrons. The van der Waals surface area contributed by atoms with Crippen LogP contribution in [0.3, 0.4) is 0 Å². The second kappa shape index (κ2) is 4.56. The van der Waals surface area contributed by atoms with Crippen molar-refractivity contribution in [3.8, 4) is 0 Å². The highest BCUT2D eigenvalue weighted by Gasteiger charge is 2.61. The molecule has 2 heterocycles. The average Bonchev–Trinajstić information content (AvgIpc) is 3.33. The molecule has 4 rings (SSSR count). The maximum Gasteiger partial charge on any atom is 0.244 e. The maximum absolute atomic E-state index is 12.9. The predicted molar refractivity (Wildman–Crippen MR) is 85.2 cm³/mol. The van der Waals surface area contributed by atoms with Crippen molar-refractivity contribution in [2.75, 3.05) is 6.54 Å². The smallest absolute Gasteiger partial charge is 0.244 e. The van der Waals surface area contributed by atoms with Crippen molar-refractivity contribution in [2.45, 2.75) is 64.1 Å². The third-order valence-electron chi connectivity index (χ3n) is 5.42. The molecular weight excluding hydrogens is 280 g/mol. The van der Waals surface area contributed by atoms with E-state index in [1.807, 2.05) is 11.3 Å². The Morgan fingerprint density at radius 2 is 2.10 bits per heavy atom. The molecule has 114 valence electrons. The molecule has 1 aromatic rings. The van der Waals surface area contributed by atoms with E-state index < -0.39 is 0 Å². The van der Waals surface area contributed by atoms with Gasteiger partial charge in [0, 0.05) is 16.3 Å². The van der Waals surface area contributed by atoms with Crippen LogP contribution in [0, 0.1) is 12.3 Å². The molecule has 0 bridgehead atoms. The van der Waals surface area contributed by atoms with E-state index in [0.717, 1.165) is 19.4 Å². The van der Waals surface area contributed by atoms with Crippen molar-refractivity contribution in [1.29, 1.82) is 0 Å². The molecule has 0 aromatic carbocycles. The number of aryl methyl sites for hydroxylation is 1. The molecular formula is C17H24N2OS. The predicted octanol–water partition coefficient (Wildman–Crippen LogP) is 3.60. The molecule has 3 aliphatic rings. The van der Waals surface area contributed by atoms with Crippen LogP contribution < -0.4 is 5.32 Å². The summed E-state index contributed by atoms with van der Waals surface area (Å²) in [6.45, 7) is 5.35. The zero-order valence-electron chi connectivity index (χ0n) is 12.9. The van der Waals surface area contributed by atoms with Crippen molar-refractivity contribution >= 4 is 17.2 Å². The first-order valence-electron chi connectivity index (χ1n) is 8.23. The molecule has 1 atom stereocenters. The summed E-state index contributed by atoms with van der Waals surface area (Å²) in [5.74, 6) is 0.362. The lowest BCUT2D eigenvalue weighted by molar-refractivity contribution is -0.131. The van der Waals surface area contributed by atoms with Crippen molar-refractivity contribution in [1.82, 2.24) is 10.2 Å². The monoisotopic (exact) mass is 304 g/mol. The zero-order chi connectivity index (χ0) is 14.7. The van der Waals surface area contributed by atoms with Crippen LogP contribution >= 0.6 is 11.3 Å². The number of nitrogens with one attached hydrogen (secondary N) is 1. The van der Waals surface area contributed by atoms with Crippen LogP contribution in [0.15, 0.2) is 12.1 Å². The van der Waals surface area contributed by atoms with E-state index in [2.05, 4.69) is 36.2 Å². The second-order valence-electron chi connectivity index (χ2n) is 7.26. The third-order valence-corrected chi connectivity index (χ3v) is 6.47. The first-order chi connectivity index (χ1) is 10.1. The Morgan fingerprint density at radius 1 is 1.33 bits per heavy atom. The number of hydrogen-bond acceptors (Lipinski definition) is 3. The molecule has 1 saturated heterocycles. The Labute approximate surface area is 130 Å². The molecule has 1 spiro atoms. The minimum atomic E-state index is -0.204. The van der Waals surface area contributed by atoms with Gasteiger partial charge in [0.05, 0.1) is 0 Å². The topological polar surface area (TPSA) is 32.3 Å². The average molecular weight is 304 g/mol. The SMILES string of the molecule is CCCC1(CN2C(=O)C3(CC3)NC2c2ccc(C)s2)CC1. The summed E-state index contributed by atoms with van der Waals surface area (Å²) in [4.78, 5) is 17.7. The lowest BCUT2D eigenvalue weighted by Crippen LogP contribution is -2.36. The van der Waals surface area contributed by atoms with Crippen LogP contribution in [0.4, 0.5) is 0 Å². The van der Waals surface area contributed by atoms with E-state index in [9.17, 15) is 4.79 Å². The highest BCUT2D eigenvalue weighted by atomic mass is 32.1. The molecule has 1 aromatic heterocycles. The first-order valence-corrected chi connectivity index (χ1v) is 9.04. The van der Waals surface area contributed by atoms with E-state index >= 15 is 0 Å². The number of hydrogen-bond donors (Lipinski definition) is 1. The second-order valence-corrected chi connectivity index (χ2v) is 8.58. The van der Waals surface area contributed by atoms with Crippen molar-refractivity contribution in [2.24, 2.45) is 5.41 Å². The van der Waals surface area contributed by atoms with Crippen molar-refractivity contribution < 1.29 is 4.79 Å². The van der Waals surface area contributed by atoms with E-state index in [-0.39, 0.29) is 11.7 Å². The molecule has 2 aliphatic carbocycles. The van der Waals surface area contributed by atoms with Crippen LogP contribution in [0.1, 0.15) is 61.4 Å². The van der Waals surface area contributed by atoms with E-state index in [0.29, 0.717) is 11.3 Å². The number of nitrogens with zero attached hydrogens (tertiary/aromatic N) is 1. The van der Waals surface area contributed by atoms with Crippen LogP contribution in [0.2, 0.25) is 0 Å². The lowest BCUT2D eigenvalue weighted by atomic mass is 9.99. The Kier molecular flexibility index (Phi) is 2.99. The molecule has 3 nitrogen and oxygen atoms in total. The highest BCUT2D eigenvalue weighted by molar-refractivity contribution is 7.12. The van der Waals surface area contributed by atoms with Gasteiger partial charge in [-0.3, -0.25) is 10.1 Å². The van der Waals surface area contributed by atoms with Gasteiger partial charge in [-0.1, -0.05) is 13.3 Å². The fraction of sp³-hybridized carbons (Fsp3) is 0.706. The van der Waals surface area contributed by atoms with Gasteiger partial charge in [0.2, 0.25) is 5.91 Å². The standard InChI is InChI=1S/C17H24N2OS/c1-3-6-16(7-8-16)11-19-14(13-5-4-12(2)21-13)18-17(9-10-17)15(19)20/h4-5,14,18H,3,6-11H2,1-2H3. The fourth-order valence-corrected chi connectivity index (χ4v) is 4.76. The van der Waals surface area contributed by atoms with Crippen LogP contribution in [-0.4, -0.2) is 22.9 Å². The number of rotatable bonds is 5. The molecule has 2 saturated carbocycles. The molecule has 4 heteroatoms. The third kappa shape index (κ3) is 2.23. The Hall–Kier alpha value is -0.870. The van der Waals surface area contributed by atoms with Crippen LogP contribution in [-0.2, 0) is 4.79 Å². The van der Waals surface area contributed by atoms with Gasteiger partial charge in [0.15, 0.2) is 0 Å².